The van der Waals surface area contributed by atoms with Crippen molar-refractivity contribution in [2.75, 3.05) is 31.6 Å². The van der Waals surface area contributed by atoms with Gasteiger partial charge in [-0.3, -0.25) is 0 Å². The van der Waals surface area contributed by atoms with Gasteiger partial charge in [0.2, 0.25) is 0 Å². The van der Waals surface area contributed by atoms with Crippen LogP contribution in [-0.4, -0.2) is 42.8 Å². The van der Waals surface area contributed by atoms with Crippen LogP contribution in [0.2, 0.25) is 0 Å². The topological polar surface area (TPSA) is 50.3 Å². The van der Waals surface area contributed by atoms with Crippen molar-refractivity contribution >= 4 is 5.82 Å². The smallest absolute Gasteiger partial charge is 0.162 e. The van der Waals surface area contributed by atoms with Gasteiger partial charge in [-0.05, 0) is 24.8 Å². The lowest BCUT2D eigenvalue weighted by atomic mass is 9.95. The van der Waals surface area contributed by atoms with E-state index in [1.165, 1.54) is 16.8 Å². The second-order valence-corrected chi connectivity index (χ2v) is 7.52. The maximum atomic E-state index is 5.64. The molecule has 1 aromatic heterocycles. The van der Waals surface area contributed by atoms with E-state index in [0.29, 0.717) is 12.0 Å². The molecule has 0 bridgehead atoms. The summed E-state index contributed by atoms with van der Waals surface area (Å²) in [4.78, 5) is 12.4. The van der Waals surface area contributed by atoms with Crippen molar-refractivity contribution in [3.8, 4) is 11.4 Å². The van der Waals surface area contributed by atoms with Gasteiger partial charge in [-0.2, -0.15) is 0 Å². The van der Waals surface area contributed by atoms with Gasteiger partial charge in [0.05, 0.1) is 11.8 Å². The summed E-state index contributed by atoms with van der Waals surface area (Å²) in [6.07, 6.45) is 2.36. The van der Waals surface area contributed by atoms with E-state index in [9.17, 15) is 0 Å². The Balaban J connectivity index is 1.76. The Morgan fingerprint density at radius 1 is 1.23 bits per heavy atom. The van der Waals surface area contributed by atoms with E-state index in [-0.39, 0.29) is 0 Å². The standard InChI is InChI=1S/C21H28N4O/c1-14-6-4-5-7-16(14)20-23-18-8-10-22-12-17(18)21(24-20)25-11-9-19(26-3)15(2)13-25/h4-7,15,19,22H,8-13H2,1-3H3/t15-,19-/m1/s1. The Kier molecular flexibility index (Phi) is 4.92. The van der Waals surface area contributed by atoms with E-state index in [0.717, 1.165) is 56.2 Å². The molecule has 1 fully saturated rings. The van der Waals surface area contributed by atoms with Crippen LogP contribution in [0.5, 0.6) is 0 Å². The van der Waals surface area contributed by atoms with Gasteiger partial charge in [-0.15, -0.1) is 0 Å². The number of methoxy groups -OCH3 is 1. The van der Waals surface area contributed by atoms with E-state index < -0.39 is 0 Å². The summed E-state index contributed by atoms with van der Waals surface area (Å²) in [7, 11) is 1.82. The Morgan fingerprint density at radius 3 is 2.85 bits per heavy atom. The van der Waals surface area contributed by atoms with Gasteiger partial charge >= 0.3 is 0 Å². The van der Waals surface area contributed by atoms with E-state index in [1.807, 2.05) is 7.11 Å². The van der Waals surface area contributed by atoms with Crippen LogP contribution >= 0.6 is 0 Å². The van der Waals surface area contributed by atoms with Gasteiger partial charge in [0, 0.05) is 50.8 Å². The molecule has 0 aliphatic carbocycles. The van der Waals surface area contributed by atoms with Gasteiger partial charge in [0.25, 0.3) is 0 Å². The maximum absolute atomic E-state index is 5.64. The van der Waals surface area contributed by atoms with E-state index in [1.54, 1.807) is 0 Å². The van der Waals surface area contributed by atoms with Crippen LogP contribution in [0.3, 0.4) is 0 Å². The number of fused-ring (bicyclic) bond motifs is 1. The number of nitrogens with zero attached hydrogens (tertiary/aromatic N) is 3. The van der Waals surface area contributed by atoms with Gasteiger partial charge in [0.15, 0.2) is 5.82 Å². The minimum atomic E-state index is 0.345. The van der Waals surface area contributed by atoms with Crippen molar-refractivity contribution in [3.63, 3.8) is 0 Å². The van der Waals surface area contributed by atoms with Crippen LogP contribution in [0.25, 0.3) is 11.4 Å². The highest BCUT2D eigenvalue weighted by Crippen LogP contribution is 2.31. The molecule has 5 heteroatoms. The zero-order valence-electron chi connectivity index (χ0n) is 16.0. The number of hydrogen-bond donors (Lipinski definition) is 1. The molecule has 1 saturated heterocycles. The predicted molar refractivity (Wildman–Crippen MR) is 104 cm³/mol. The molecule has 4 rings (SSSR count). The average molecular weight is 352 g/mol. The average Bonchev–Trinajstić information content (AvgIpc) is 2.67. The first kappa shape index (κ1) is 17.4. The molecule has 0 unspecified atom stereocenters. The van der Waals surface area contributed by atoms with Crippen molar-refractivity contribution in [3.05, 3.63) is 41.1 Å². The zero-order chi connectivity index (χ0) is 18.1. The fourth-order valence-corrected chi connectivity index (χ4v) is 4.20. The molecule has 2 aliphatic rings. The second kappa shape index (κ2) is 7.33. The minimum absolute atomic E-state index is 0.345. The molecule has 26 heavy (non-hydrogen) atoms. The van der Waals surface area contributed by atoms with E-state index in [4.69, 9.17) is 14.7 Å². The number of benzene rings is 1. The third kappa shape index (κ3) is 3.21. The quantitative estimate of drug-likeness (QED) is 0.920. The summed E-state index contributed by atoms with van der Waals surface area (Å²) < 4.78 is 5.64. The van der Waals surface area contributed by atoms with Gasteiger partial charge in [-0.25, -0.2) is 9.97 Å². The maximum Gasteiger partial charge on any atom is 0.162 e. The normalized spacial score (nSPS) is 23.0. The van der Waals surface area contributed by atoms with Crippen LogP contribution in [0, 0.1) is 12.8 Å². The first-order valence-corrected chi connectivity index (χ1v) is 9.61. The van der Waals surface area contributed by atoms with Gasteiger partial charge in [0.1, 0.15) is 5.82 Å². The predicted octanol–water partition coefficient (Wildman–Crippen LogP) is 2.96. The molecule has 0 spiro atoms. The number of anilines is 1. The molecule has 3 heterocycles. The third-order valence-electron chi connectivity index (χ3n) is 5.73. The molecular weight excluding hydrogens is 324 g/mol. The summed E-state index contributed by atoms with van der Waals surface area (Å²) in [5.74, 6) is 2.47. The highest BCUT2D eigenvalue weighted by molar-refractivity contribution is 5.64. The minimum Gasteiger partial charge on any atom is -0.381 e. The lowest BCUT2D eigenvalue weighted by molar-refractivity contribution is 0.0443. The van der Waals surface area contributed by atoms with E-state index >= 15 is 0 Å². The SMILES string of the molecule is CO[C@@H]1CCN(c2nc(-c3ccccc3C)nc3c2CNCC3)C[C@H]1C. The van der Waals surface area contributed by atoms with Gasteiger partial charge in [-0.1, -0.05) is 31.2 Å². The molecule has 1 N–H and O–H groups in total. The van der Waals surface area contributed by atoms with Gasteiger partial charge < -0.3 is 15.0 Å². The summed E-state index contributed by atoms with van der Waals surface area (Å²) in [6.45, 7) is 8.21. The van der Waals surface area contributed by atoms with Crippen molar-refractivity contribution in [2.45, 2.75) is 39.3 Å². The van der Waals surface area contributed by atoms with E-state index in [2.05, 4.69) is 48.3 Å². The summed E-state index contributed by atoms with van der Waals surface area (Å²) in [5.41, 5.74) is 4.83. The number of ether oxygens (including phenoxy) is 1. The van der Waals surface area contributed by atoms with Crippen molar-refractivity contribution < 1.29 is 4.74 Å². The lowest BCUT2D eigenvalue weighted by Gasteiger charge is -2.38. The number of aryl methyl sites for hydroxylation is 1. The number of piperidine rings is 1. The van der Waals surface area contributed by atoms with Crippen molar-refractivity contribution in [1.82, 2.24) is 15.3 Å². The molecule has 0 radical (unpaired) electrons. The first-order chi connectivity index (χ1) is 12.7. The monoisotopic (exact) mass is 352 g/mol. The molecule has 2 atom stereocenters. The largest absolute Gasteiger partial charge is 0.381 e. The highest BCUT2D eigenvalue weighted by Gasteiger charge is 2.30. The Labute approximate surface area is 155 Å². The number of rotatable bonds is 3. The molecule has 2 aromatic rings. The van der Waals surface area contributed by atoms with Crippen molar-refractivity contribution in [2.24, 2.45) is 5.92 Å². The summed E-state index contributed by atoms with van der Waals surface area (Å²) >= 11 is 0. The molecular formula is C21H28N4O. The summed E-state index contributed by atoms with van der Waals surface area (Å²) in [5, 5.41) is 3.49. The number of hydrogen-bond acceptors (Lipinski definition) is 5. The Morgan fingerprint density at radius 2 is 2.08 bits per heavy atom. The van der Waals surface area contributed by atoms with Crippen LogP contribution in [0.4, 0.5) is 5.82 Å². The molecule has 0 saturated carbocycles. The fraction of sp³-hybridized carbons (Fsp3) is 0.524. The highest BCUT2D eigenvalue weighted by atomic mass is 16.5. The number of aromatic nitrogens is 2. The van der Waals surface area contributed by atoms with Crippen LogP contribution in [0.1, 0.15) is 30.2 Å². The van der Waals surface area contributed by atoms with Crippen LogP contribution in [0.15, 0.2) is 24.3 Å². The Hall–Kier alpha value is -1.98. The molecule has 0 amide bonds. The van der Waals surface area contributed by atoms with Crippen LogP contribution in [-0.2, 0) is 17.7 Å². The van der Waals surface area contributed by atoms with Crippen molar-refractivity contribution in [1.29, 1.82) is 0 Å². The molecule has 2 aliphatic heterocycles. The Bertz CT molecular complexity index is 792. The zero-order valence-corrected chi connectivity index (χ0v) is 16.0. The van der Waals surface area contributed by atoms with Crippen LogP contribution < -0.4 is 10.2 Å². The second-order valence-electron chi connectivity index (χ2n) is 7.52. The fourth-order valence-electron chi connectivity index (χ4n) is 4.20. The summed E-state index contributed by atoms with van der Waals surface area (Å²) in [6, 6.07) is 8.39. The lowest BCUT2D eigenvalue weighted by Crippen LogP contribution is -2.44. The first-order valence-electron chi connectivity index (χ1n) is 9.61. The molecule has 138 valence electrons. The third-order valence-corrected chi connectivity index (χ3v) is 5.73. The molecule has 1 aromatic carbocycles. The number of nitrogens with one attached hydrogen (secondary N) is 1. The molecule has 5 nitrogen and oxygen atoms in total.